The van der Waals surface area contributed by atoms with Gasteiger partial charge < -0.3 is 4.74 Å². The van der Waals surface area contributed by atoms with E-state index in [-0.39, 0.29) is 24.5 Å². The Hall–Kier alpha value is -2.33. The number of rotatable bonds is 10. The van der Waals surface area contributed by atoms with Crippen LogP contribution >= 0.6 is 11.3 Å². The van der Waals surface area contributed by atoms with E-state index in [9.17, 15) is 13.2 Å². The Balaban J connectivity index is 1.46. The molecule has 1 aliphatic heterocycles. The van der Waals surface area contributed by atoms with Crippen molar-refractivity contribution in [1.82, 2.24) is 9.88 Å². The Morgan fingerprint density at radius 2 is 1.83 bits per heavy atom. The zero-order chi connectivity index (χ0) is 24.8. The molecular formula is C26H33N3O4S2. The fraction of sp³-hybridized carbons (Fsp3) is 0.462. The highest BCUT2D eigenvalue weighted by molar-refractivity contribution is 7.91. The van der Waals surface area contributed by atoms with Gasteiger partial charge in [-0.05, 0) is 56.0 Å². The first-order valence-electron chi connectivity index (χ1n) is 12.1. The number of hydrogen-bond donors (Lipinski definition) is 0. The molecule has 2 heterocycles. The van der Waals surface area contributed by atoms with Crippen molar-refractivity contribution >= 4 is 42.4 Å². The second kappa shape index (κ2) is 11.6. The van der Waals surface area contributed by atoms with Crippen molar-refractivity contribution in [1.29, 1.82) is 0 Å². The molecule has 0 atom stereocenters. The van der Waals surface area contributed by atoms with Crippen molar-refractivity contribution in [3.8, 4) is 0 Å². The van der Waals surface area contributed by atoms with E-state index in [2.05, 4.69) is 30.9 Å². The summed E-state index contributed by atoms with van der Waals surface area (Å²) < 4.78 is 31.8. The quantitative estimate of drug-likeness (QED) is 0.402. The molecule has 0 bridgehead atoms. The minimum absolute atomic E-state index is 0.0531. The van der Waals surface area contributed by atoms with Crippen LogP contribution < -0.4 is 4.90 Å². The van der Waals surface area contributed by atoms with Gasteiger partial charge in [0.2, 0.25) is 5.91 Å². The summed E-state index contributed by atoms with van der Waals surface area (Å²) in [7, 11) is -3.41. The third-order valence-electron chi connectivity index (χ3n) is 6.47. The molecule has 0 N–H and O–H groups in total. The third-order valence-corrected chi connectivity index (χ3v) is 9.33. The molecule has 2 aromatic carbocycles. The van der Waals surface area contributed by atoms with Gasteiger partial charge in [0.1, 0.15) is 0 Å². The van der Waals surface area contributed by atoms with E-state index < -0.39 is 9.84 Å². The van der Waals surface area contributed by atoms with Crippen LogP contribution in [0.5, 0.6) is 0 Å². The minimum atomic E-state index is -3.41. The first-order chi connectivity index (χ1) is 16.8. The van der Waals surface area contributed by atoms with E-state index in [1.807, 2.05) is 0 Å². The average molecular weight is 516 g/mol. The molecule has 0 saturated carbocycles. The topological polar surface area (TPSA) is 79.8 Å². The van der Waals surface area contributed by atoms with Crippen LogP contribution in [0, 0.1) is 13.8 Å². The Morgan fingerprint density at radius 3 is 2.57 bits per heavy atom. The lowest BCUT2D eigenvalue weighted by Gasteiger charge is -2.27. The van der Waals surface area contributed by atoms with Crippen molar-refractivity contribution < 1.29 is 17.9 Å². The van der Waals surface area contributed by atoms with E-state index in [0.29, 0.717) is 16.6 Å². The zero-order valence-corrected chi connectivity index (χ0v) is 22.0. The summed E-state index contributed by atoms with van der Waals surface area (Å²) in [6, 6.07) is 12.6. The van der Waals surface area contributed by atoms with Crippen LogP contribution in [-0.4, -0.2) is 69.4 Å². The van der Waals surface area contributed by atoms with Crippen LogP contribution in [-0.2, 0) is 19.4 Å². The lowest BCUT2D eigenvalue weighted by molar-refractivity contribution is -0.118. The number of amides is 1. The molecule has 9 heteroatoms. The maximum Gasteiger partial charge on any atom is 0.228 e. The molecule has 35 heavy (non-hydrogen) atoms. The molecule has 1 aliphatic rings. The van der Waals surface area contributed by atoms with E-state index in [1.165, 1.54) is 16.9 Å². The maximum atomic E-state index is 13.3. The smallest absolute Gasteiger partial charge is 0.228 e. The van der Waals surface area contributed by atoms with Gasteiger partial charge in [-0.15, -0.1) is 0 Å². The standard InChI is InChI=1S/C26H33N3O4S2/c1-20-11-12-23-25(21(20)2)27-26(34-23)29(14-7-13-28-15-17-33-18-16-28)24(30)10-6-19-35(31,32)22-8-4-3-5-9-22/h3-5,8-9,11-12H,6-7,10,13-19H2,1-2H3. The number of aromatic nitrogens is 1. The normalized spacial score (nSPS) is 14.9. The Bertz CT molecular complexity index is 1250. The highest BCUT2D eigenvalue weighted by Crippen LogP contribution is 2.32. The molecule has 4 rings (SSSR count). The Morgan fingerprint density at radius 1 is 1.09 bits per heavy atom. The number of sulfone groups is 1. The molecule has 0 aliphatic carbocycles. The summed E-state index contributed by atoms with van der Waals surface area (Å²) in [5, 5.41) is 0.687. The summed E-state index contributed by atoms with van der Waals surface area (Å²) >= 11 is 1.52. The van der Waals surface area contributed by atoms with E-state index in [4.69, 9.17) is 9.72 Å². The van der Waals surface area contributed by atoms with E-state index in [0.717, 1.165) is 55.0 Å². The van der Waals surface area contributed by atoms with Crippen molar-refractivity contribution in [2.24, 2.45) is 0 Å². The molecule has 0 spiro atoms. The summed E-state index contributed by atoms with van der Waals surface area (Å²) in [4.78, 5) is 22.6. The summed E-state index contributed by atoms with van der Waals surface area (Å²) in [6.07, 6.45) is 1.26. The van der Waals surface area contributed by atoms with Gasteiger partial charge in [-0.3, -0.25) is 14.6 Å². The number of carbonyl (C=O) groups excluding carboxylic acids is 1. The van der Waals surface area contributed by atoms with Crippen molar-refractivity contribution in [2.45, 2.75) is 38.0 Å². The number of anilines is 1. The van der Waals surface area contributed by atoms with Gasteiger partial charge in [0.15, 0.2) is 15.0 Å². The number of fused-ring (bicyclic) bond motifs is 1. The van der Waals surface area contributed by atoms with Crippen molar-refractivity contribution in [3.05, 3.63) is 53.6 Å². The van der Waals surface area contributed by atoms with Crippen LogP contribution in [0.15, 0.2) is 47.4 Å². The molecule has 188 valence electrons. The second-order valence-electron chi connectivity index (χ2n) is 8.94. The maximum absolute atomic E-state index is 13.3. The fourth-order valence-corrected chi connectivity index (χ4v) is 6.63. The largest absolute Gasteiger partial charge is 0.379 e. The second-order valence-corrected chi connectivity index (χ2v) is 12.1. The van der Waals surface area contributed by atoms with Crippen LogP contribution in [0.1, 0.15) is 30.4 Å². The van der Waals surface area contributed by atoms with Gasteiger partial charge in [-0.1, -0.05) is 35.6 Å². The monoisotopic (exact) mass is 515 g/mol. The number of aryl methyl sites for hydroxylation is 2. The molecule has 1 saturated heterocycles. The number of nitrogens with zero attached hydrogens (tertiary/aromatic N) is 3. The van der Waals surface area contributed by atoms with E-state index >= 15 is 0 Å². The van der Waals surface area contributed by atoms with Crippen molar-refractivity contribution in [2.75, 3.05) is 50.0 Å². The summed E-state index contributed by atoms with van der Waals surface area (Å²) in [5.74, 6) is -0.133. The third kappa shape index (κ3) is 6.46. The Labute approximate surface area is 211 Å². The first kappa shape index (κ1) is 25.8. The average Bonchev–Trinajstić information content (AvgIpc) is 3.30. The summed E-state index contributed by atoms with van der Waals surface area (Å²) in [5.41, 5.74) is 3.23. The van der Waals surface area contributed by atoms with E-state index in [1.54, 1.807) is 35.2 Å². The van der Waals surface area contributed by atoms with Crippen molar-refractivity contribution in [3.63, 3.8) is 0 Å². The molecule has 1 fully saturated rings. The lowest BCUT2D eigenvalue weighted by Crippen LogP contribution is -2.39. The van der Waals surface area contributed by atoms with Gasteiger partial charge in [0.05, 0.1) is 34.1 Å². The number of hydrogen-bond acceptors (Lipinski definition) is 7. The number of ether oxygens (including phenoxy) is 1. The lowest BCUT2D eigenvalue weighted by atomic mass is 10.1. The highest BCUT2D eigenvalue weighted by Gasteiger charge is 2.22. The molecule has 0 radical (unpaired) electrons. The fourth-order valence-electron chi connectivity index (χ4n) is 4.23. The number of morpholine rings is 1. The molecule has 3 aromatic rings. The van der Waals surface area contributed by atoms with Crippen LogP contribution in [0.3, 0.4) is 0 Å². The predicted molar refractivity (Wildman–Crippen MR) is 141 cm³/mol. The zero-order valence-electron chi connectivity index (χ0n) is 20.4. The Kier molecular flexibility index (Phi) is 8.54. The number of carbonyl (C=O) groups is 1. The molecule has 7 nitrogen and oxygen atoms in total. The van der Waals surface area contributed by atoms with Crippen LogP contribution in [0.2, 0.25) is 0 Å². The van der Waals surface area contributed by atoms with Gasteiger partial charge in [0, 0.05) is 32.6 Å². The molecular weight excluding hydrogens is 482 g/mol. The van der Waals surface area contributed by atoms with Gasteiger partial charge in [0.25, 0.3) is 0 Å². The predicted octanol–water partition coefficient (Wildman–Crippen LogP) is 4.22. The minimum Gasteiger partial charge on any atom is -0.379 e. The number of benzene rings is 2. The van der Waals surface area contributed by atoms with Gasteiger partial charge >= 0.3 is 0 Å². The number of thiazole rings is 1. The molecule has 0 unspecified atom stereocenters. The van der Waals surface area contributed by atoms with Gasteiger partial charge in [-0.2, -0.15) is 0 Å². The first-order valence-corrected chi connectivity index (χ1v) is 14.6. The van der Waals surface area contributed by atoms with Crippen LogP contribution in [0.4, 0.5) is 5.13 Å². The van der Waals surface area contributed by atoms with Crippen LogP contribution in [0.25, 0.3) is 10.2 Å². The molecule has 1 aromatic heterocycles. The SMILES string of the molecule is Cc1ccc2sc(N(CCCN3CCOCC3)C(=O)CCCS(=O)(=O)c3ccccc3)nc2c1C. The highest BCUT2D eigenvalue weighted by atomic mass is 32.2. The molecule has 1 amide bonds. The summed E-state index contributed by atoms with van der Waals surface area (Å²) in [6.45, 7) is 8.87. The van der Waals surface area contributed by atoms with Gasteiger partial charge in [-0.25, -0.2) is 13.4 Å².